The molecule has 19 heavy (non-hydrogen) atoms. The second kappa shape index (κ2) is 5.13. The molecule has 1 unspecified atom stereocenters. The molecule has 1 aromatic rings. The molecule has 1 aliphatic rings. The van der Waals surface area contributed by atoms with Crippen LogP contribution in [0.15, 0.2) is 22.7 Å². The molecule has 100 valence electrons. The zero-order chi connectivity index (χ0) is 14.2. The summed E-state index contributed by atoms with van der Waals surface area (Å²) in [6.45, 7) is 1.68. The predicted octanol–water partition coefficient (Wildman–Crippen LogP) is 2.30. The third-order valence-electron chi connectivity index (χ3n) is 3.10. The van der Waals surface area contributed by atoms with E-state index in [9.17, 15) is 14.4 Å². The van der Waals surface area contributed by atoms with E-state index in [1.165, 1.54) is 0 Å². The highest BCUT2D eigenvalue weighted by Gasteiger charge is 2.38. The highest BCUT2D eigenvalue weighted by Crippen LogP contribution is 2.28. The van der Waals surface area contributed by atoms with Crippen molar-refractivity contribution < 1.29 is 19.5 Å². The summed E-state index contributed by atoms with van der Waals surface area (Å²) in [6, 6.07) is 4.49. The molecule has 0 spiro atoms. The molecule has 1 aromatic carbocycles. The highest BCUT2D eigenvalue weighted by atomic mass is 79.9. The van der Waals surface area contributed by atoms with Gasteiger partial charge >= 0.3 is 5.97 Å². The summed E-state index contributed by atoms with van der Waals surface area (Å²) in [5.74, 6) is -1.66. The van der Waals surface area contributed by atoms with Gasteiger partial charge in [0.05, 0.1) is 11.1 Å². The van der Waals surface area contributed by atoms with Gasteiger partial charge in [0, 0.05) is 16.9 Å². The third-order valence-corrected chi connectivity index (χ3v) is 3.59. The van der Waals surface area contributed by atoms with Gasteiger partial charge in [0.15, 0.2) is 0 Å². The van der Waals surface area contributed by atoms with Gasteiger partial charge < -0.3 is 5.11 Å². The summed E-state index contributed by atoms with van der Waals surface area (Å²) in [4.78, 5) is 36.0. The third kappa shape index (κ3) is 2.53. The standard InChI is InChI=1S/C13H12BrNO4/c1-7(2-5-11(16)17)15-12(18)9-4-3-8(14)6-10(9)13(15)19/h3-4,6-7H,2,5H2,1H3,(H,16,17). The van der Waals surface area contributed by atoms with Crippen LogP contribution in [0.1, 0.15) is 40.5 Å². The van der Waals surface area contributed by atoms with Crippen molar-refractivity contribution in [3.8, 4) is 0 Å². The lowest BCUT2D eigenvalue weighted by Crippen LogP contribution is -2.38. The van der Waals surface area contributed by atoms with Crippen LogP contribution in [-0.2, 0) is 4.79 Å². The quantitative estimate of drug-likeness (QED) is 0.862. The van der Waals surface area contributed by atoms with E-state index in [2.05, 4.69) is 15.9 Å². The number of hydrogen-bond acceptors (Lipinski definition) is 3. The van der Waals surface area contributed by atoms with Crippen LogP contribution >= 0.6 is 15.9 Å². The van der Waals surface area contributed by atoms with E-state index in [0.717, 1.165) is 9.37 Å². The number of fused-ring (bicyclic) bond motifs is 1. The lowest BCUT2D eigenvalue weighted by molar-refractivity contribution is -0.137. The first kappa shape index (κ1) is 13.7. The topological polar surface area (TPSA) is 74.7 Å². The molecule has 1 aliphatic heterocycles. The number of carboxylic acids is 1. The van der Waals surface area contributed by atoms with Gasteiger partial charge in [-0.25, -0.2) is 0 Å². The van der Waals surface area contributed by atoms with Crippen molar-refractivity contribution in [2.45, 2.75) is 25.8 Å². The van der Waals surface area contributed by atoms with Crippen LogP contribution < -0.4 is 0 Å². The maximum atomic E-state index is 12.2. The first-order valence-corrected chi connectivity index (χ1v) is 6.60. The Balaban J connectivity index is 2.24. The maximum Gasteiger partial charge on any atom is 0.303 e. The Morgan fingerprint density at radius 1 is 1.32 bits per heavy atom. The normalized spacial score (nSPS) is 15.6. The zero-order valence-electron chi connectivity index (χ0n) is 10.2. The van der Waals surface area contributed by atoms with Crippen molar-refractivity contribution in [2.24, 2.45) is 0 Å². The van der Waals surface area contributed by atoms with Crippen molar-refractivity contribution in [1.82, 2.24) is 4.90 Å². The molecule has 0 bridgehead atoms. The number of benzene rings is 1. The summed E-state index contributed by atoms with van der Waals surface area (Å²) >= 11 is 3.26. The van der Waals surface area contributed by atoms with Gasteiger partial charge in [-0.3, -0.25) is 19.3 Å². The molecular weight excluding hydrogens is 314 g/mol. The van der Waals surface area contributed by atoms with Crippen LogP contribution in [0.2, 0.25) is 0 Å². The number of imide groups is 1. The number of carbonyl (C=O) groups excluding carboxylic acids is 2. The number of hydrogen-bond donors (Lipinski definition) is 1. The molecule has 0 saturated heterocycles. The predicted molar refractivity (Wildman–Crippen MR) is 71.0 cm³/mol. The molecule has 0 saturated carbocycles. The second-order valence-corrected chi connectivity index (χ2v) is 5.37. The number of carboxylic acid groups (broad SMARTS) is 1. The Kier molecular flexibility index (Phi) is 3.71. The van der Waals surface area contributed by atoms with Crippen LogP contribution in [0, 0.1) is 0 Å². The smallest absolute Gasteiger partial charge is 0.303 e. The Morgan fingerprint density at radius 3 is 2.58 bits per heavy atom. The average Bonchev–Trinajstić information content (AvgIpc) is 2.59. The highest BCUT2D eigenvalue weighted by molar-refractivity contribution is 9.10. The molecule has 6 heteroatoms. The fourth-order valence-corrected chi connectivity index (χ4v) is 2.45. The number of rotatable bonds is 4. The second-order valence-electron chi connectivity index (χ2n) is 4.45. The first-order valence-electron chi connectivity index (χ1n) is 5.81. The van der Waals surface area contributed by atoms with E-state index in [-0.39, 0.29) is 24.7 Å². The Labute approximate surface area is 118 Å². The molecule has 0 fully saturated rings. The monoisotopic (exact) mass is 325 g/mol. The Hall–Kier alpha value is -1.69. The number of amides is 2. The van der Waals surface area contributed by atoms with Crippen molar-refractivity contribution >= 4 is 33.7 Å². The minimum Gasteiger partial charge on any atom is -0.481 e. The summed E-state index contributed by atoms with van der Waals surface area (Å²) in [5.41, 5.74) is 0.733. The summed E-state index contributed by atoms with van der Waals surface area (Å²) in [6.07, 6.45) is 0.181. The lowest BCUT2D eigenvalue weighted by atomic mass is 10.1. The molecule has 0 radical (unpaired) electrons. The fourth-order valence-electron chi connectivity index (χ4n) is 2.09. The SMILES string of the molecule is CC(CCC(=O)O)N1C(=O)c2ccc(Br)cc2C1=O. The van der Waals surface area contributed by atoms with Gasteiger partial charge in [-0.05, 0) is 31.5 Å². The molecule has 1 heterocycles. The van der Waals surface area contributed by atoms with Crippen LogP contribution in [0.4, 0.5) is 0 Å². The van der Waals surface area contributed by atoms with Crippen molar-refractivity contribution in [1.29, 1.82) is 0 Å². The van der Waals surface area contributed by atoms with Crippen LogP contribution in [0.3, 0.4) is 0 Å². The molecule has 0 aromatic heterocycles. The van der Waals surface area contributed by atoms with Gasteiger partial charge in [0.2, 0.25) is 0 Å². The molecule has 5 nitrogen and oxygen atoms in total. The van der Waals surface area contributed by atoms with E-state index >= 15 is 0 Å². The number of aliphatic carboxylic acids is 1. The minimum atomic E-state index is -0.939. The van der Waals surface area contributed by atoms with Crippen LogP contribution in [-0.4, -0.2) is 33.8 Å². The first-order chi connectivity index (χ1) is 8.91. The van der Waals surface area contributed by atoms with E-state index in [1.807, 2.05) is 0 Å². The van der Waals surface area contributed by atoms with Crippen LogP contribution in [0.5, 0.6) is 0 Å². The van der Waals surface area contributed by atoms with E-state index in [0.29, 0.717) is 11.1 Å². The average molecular weight is 326 g/mol. The van der Waals surface area contributed by atoms with Gasteiger partial charge in [-0.15, -0.1) is 0 Å². The molecule has 1 atom stereocenters. The summed E-state index contributed by atoms with van der Waals surface area (Å²) < 4.78 is 0.729. The molecule has 2 rings (SSSR count). The maximum absolute atomic E-state index is 12.2. The van der Waals surface area contributed by atoms with Crippen molar-refractivity contribution in [3.05, 3.63) is 33.8 Å². The molecule has 0 aliphatic carbocycles. The van der Waals surface area contributed by atoms with Gasteiger partial charge in [0.1, 0.15) is 0 Å². The summed E-state index contributed by atoms with van der Waals surface area (Å²) in [7, 11) is 0. The van der Waals surface area contributed by atoms with Crippen molar-refractivity contribution in [3.63, 3.8) is 0 Å². The Bertz CT molecular complexity index is 570. The lowest BCUT2D eigenvalue weighted by Gasteiger charge is -2.21. The number of nitrogens with zero attached hydrogens (tertiary/aromatic N) is 1. The molecular formula is C13H12BrNO4. The van der Waals surface area contributed by atoms with E-state index in [1.54, 1.807) is 25.1 Å². The minimum absolute atomic E-state index is 0.0712. The largest absolute Gasteiger partial charge is 0.481 e. The van der Waals surface area contributed by atoms with Gasteiger partial charge in [-0.2, -0.15) is 0 Å². The van der Waals surface area contributed by atoms with E-state index < -0.39 is 12.0 Å². The number of halogens is 1. The van der Waals surface area contributed by atoms with Crippen molar-refractivity contribution in [2.75, 3.05) is 0 Å². The van der Waals surface area contributed by atoms with Crippen LogP contribution in [0.25, 0.3) is 0 Å². The summed E-state index contributed by atoms with van der Waals surface area (Å²) in [5, 5.41) is 8.65. The zero-order valence-corrected chi connectivity index (χ0v) is 11.8. The van der Waals surface area contributed by atoms with Gasteiger partial charge in [-0.1, -0.05) is 15.9 Å². The van der Waals surface area contributed by atoms with Gasteiger partial charge in [0.25, 0.3) is 11.8 Å². The molecule has 1 N–H and O–H groups in total. The Morgan fingerprint density at radius 2 is 1.95 bits per heavy atom. The number of carbonyl (C=O) groups is 3. The van der Waals surface area contributed by atoms with E-state index in [4.69, 9.17) is 5.11 Å². The fraction of sp³-hybridized carbons (Fsp3) is 0.308. The molecule has 2 amide bonds.